The first kappa shape index (κ1) is 21.1. The minimum atomic E-state index is -0.436. The highest BCUT2D eigenvalue weighted by Crippen LogP contribution is 2.34. The van der Waals surface area contributed by atoms with Crippen molar-refractivity contribution in [2.24, 2.45) is 4.99 Å². The molecule has 5 rings (SSSR count). The van der Waals surface area contributed by atoms with Crippen molar-refractivity contribution in [2.45, 2.75) is 0 Å². The van der Waals surface area contributed by atoms with E-state index in [1.165, 1.54) is 23.9 Å². The number of hydrogen-bond donors (Lipinski definition) is 0. The number of ether oxygens (including phenoxy) is 1. The van der Waals surface area contributed by atoms with Gasteiger partial charge in [-0.15, -0.1) is 0 Å². The van der Waals surface area contributed by atoms with Gasteiger partial charge in [0.05, 0.1) is 28.7 Å². The largest absolute Gasteiger partial charge is 0.378 e. The molecule has 2 aromatic carbocycles. The lowest BCUT2D eigenvalue weighted by Gasteiger charge is -2.27. The average Bonchev–Trinajstić information content (AvgIpc) is 3.44. The Hall–Kier alpha value is -3.76. The number of nitro benzene ring substituents is 1. The highest BCUT2D eigenvalue weighted by atomic mass is 32.2. The van der Waals surface area contributed by atoms with E-state index >= 15 is 0 Å². The summed E-state index contributed by atoms with van der Waals surface area (Å²) in [6.07, 6.45) is 3.57. The summed E-state index contributed by atoms with van der Waals surface area (Å²) < 4.78 is 7.08. The molecule has 0 radical (unpaired) electrons. The standard InChI is InChI=1S/C23H19N5O4S/c29-22-20(33-23(24-22)26-9-11-32-12-10-26)14-17-15-27(18-6-2-1-3-7-18)25-21(17)16-5-4-8-19(13-16)28(30)31/h1-8,13-15H,9-12H2. The van der Waals surface area contributed by atoms with Crippen molar-refractivity contribution in [2.75, 3.05) is 26.3 Å². The number of thioether (sulfide) groups is 1. The topological polar surface area (TPSA) is 103 Å². The number of aromatic nitrogens is 2. The maximum Gasteiger partial charge on any atom is 0.286 e. The van der Waals surface area contributed by atoms with Gasteiger partial charge in [0, 0.05) is 42.5 Å². The van der Waals surface area contributed by atoms with Gasteiger partial charge in [-0.2, -0.15) is 10.1 Å². The first-order chi connectivity index (χ1) is 16.1. The number of hydrogen-bond acceptors (Lipinski definition) is 7. The molecule has 0 atom stereocenters. The van der Waals surface area contributed by atoms with E-state index in [1.54, 1.807) is 22.9 Å². The number of amidine groups is 1. The van der Waals surface area contributed by atoms with Crippen molar-refractivity contribution in [3.63, 3.8) is 0 Å². The maximum atomic E-state index is 12.6. The Morgan fingerprint density at radius 3 is 2.64 bits per heavy atom. The van der Waals surface area contributed by atoms with Crippen molar-refractivity contribution in [3.8, 4) is 16.9 Å². The highest BCUT2D eigenvalue weighted by Gasteiger charge is 2.28. The van der Waals surface area contributed by atoms with Crippen LogP contribution < -0.4 is 0 Å². The van der Waals surface area contributed by atoms with Crippen molar-refractivity contribution < 1.29 is 14.5 Å². The summed E-state index contributed by atoms with van der Waals surface area (Å²) in [4.78, 5) is 30.3. The molecule has 0 N–H and O–H groups in total. The minimum Gasteiger partial charge on any atom is -0.378 e. The molecule has 9 nitrogen and oxygen atoms in total. The van der Waals surface area contributed by atoms with Crippen molar-refractivity contribution in [1.82, 2.24) is 14.7 Å². The number of aliphatic imine (C=N–C) groups is 1. The average molecular weight is 462 g/mol. The van der Waals surface area contributed by atoms with Gasteiger partial charge in [-0.1, -0.05) is 30.3 Å². The number of amides is 1. The molecule has 1 saturated heterocycles. The van der Waals surface area contributed by atoms with Crippen LogP contribution >= 0.6 is 11.8 Å². The molecule has 3 aromatic rings. The number of benzene rings is 2. The Kier molecular flexibility index (Phi) is 5.76. The second kappa shape index (κ2) is 9.00. The summed E-state index contributed by atoms with van der Waals surface area (Å²) in [5.41, 5.74) is 2.63. The fraction of sp³-hybridized carbons (Fsp3) is 0.174. The van der Waals surface area contributed by atoms with Crippen LogP contribution in [0.4, 0.5) is 5.69 Å². The molecule has 2 aliphatic heterocycles. The lowest BCUT2D eigenvalue weighted by atomic mass is 10.1. The second-order valence-corrected chi connectivity index (χ2v) is 8.44. The molecule has 166 valence electrons. The number of morpholine rings is 1. The number of rotatable bonds is 4. The predicted octanol–water partition coefficient (Wildman–Crippen LogP) is 3.75. The second-order valence-electron chi connectivity index (χ2n) is 7.43. The van der Waals surface area contributed by atoms with Crippen molar-refractivity contribution >= 4 is 34.6 Å². The highest BCUT2D eigenvalue weighted by molar-refractivity contribution is 8.18. The third-order valence-electron chi connectivity index (χ3n) is 5.27. The summed E-state index contributed by atoms with van der Waals surface area (Å²) in [5.74, 6) is -0.307. The van der Waals surface area contributed by atoms with Crippen LogP contribution in [-0.4, -0.2) is 57.0 Å². The lowest BCUT2D eigenvalue weighted by molar-refractivity contribution is -0.384. The van der Waals surface area contributed by atoms with E-state index in [-0.39, 0.29) is 11.6 Å². The Morgan fingerprint density at radius 2 is 1.88 bits per heavy atom. The molecule has 33 heavy (non-hydrogen) atoms. The molecule has 1 fully saturated rings. The van der Waals surface area contributed by atoms with Gasteiger partial charge in [0.25, 0.3) is 11.6 Å². The molecule has 3 heterocycles. The number of carbonyl (C=O) groups is 1. The van der Waals surface area contributed by atoms with E-state index in [0.29, 0.717) is 53.2 Å². The van der Waals surface area contributed by atoms with Gasteiger partial charge in [0.1, 0.15) is 5.69 Å². The van der Waals surface area contributed by atoms with Crippen LogP contribution in [0.3, 0.4) is 0 Å². The van der Waals surface area contributed by atoms with Crippen LogP contribution in [0.1, 0.15) is 5.56 Å². The van der Waals surface area contributed by atoms with Gasteiger partial charge in [0.15, 0.2) is 5.17 Å². The molecule has 2 aliphatic rings. The predicted molar refractivity (Wildman–Crippen MR) is 126 cm³/mol. The zero-order valence-corrected chi connectivity index (χ0v) is 18.3. The number of carbonyl (C=O) groups excluding carboxylic acids is 1. The monoisotopic (exact) mass is 461 g/mol. The van der Waals surface area contributed by atoms with Gasteiger partial charge in [-0.05, 0) is 30.0 Å². The molecule has 0 saturated carbocycles. The molecule has 0 unspecified atom stereocenters. The Morgan fingerprint density at radius 1 is 1.09 bits per heavy atom. The Bertz CT molecular complexity index is 1280. The Labute approximate surface area is 193 Å². The van der Waals surface area contributed by atoms with Gasteiger partial charge in [-0.3, -0.25) is 14.9 Å². The Balaban J connectivity index is 1.54. The van der Waals surface area contributed by atoms with E-state index in [4.69, 9.17) is 9.84 Å². The molecule has 10 heteroatoms. The van der Waals surface area contributed by atoms with Gasteiger partial charge >= 0.3 is 0 Å². The van der Waals surface area contributed by atoms with E-state index in [9.17, 15) is 14.9 Å². The summed E-state index contributed by atoms with van der Waals surface area (Å²) in [5, 5.41) is 16.7. The number of nitro groups is 1. The first-order valence-corrected chi connectivity index (χ1v) is 11.2. The van der Waals surface area contributed by atoms with Gasteiger partial charge in [0.2, 0.25) is 0 Å². The van der Waals surface area contributed by atoms with E-state index < -0.39 is 4.92 Å². The fourth-order valence-corrected chi connectivity index (χ4v) is 4.58. The SMILES string of the molecule is O=C1N=C(N2CCOCC2)SC1=Cc1cn(-c2ccccc2)nc1-c1cccc([N+](=O)[O-])c1. The normalized spacial score (nSPS) is 17.5. The zero-order valence-electron chi connectivity index (χ0n) is 17.5. The van der Waals surface area contributed by atoms with E-state index in [1.807, 2.05) is 41.4 Å². The quantitative estimate of drug-likeness (QED) is 0.331. The van der Waals surface area contributed by atoms with Crippen LogP contribution in [0, 0.1) is 10.1 Å². The van der Waals surface area contributed by atoms with Crippen LogP contribution in [0.5, 0.6) is 0 Å². The fourth-order valence-electron chi connectivity index (χ4n) is 3.63. The van der Waals surface area contributed by atoms with Gasteiger partial charge < -0.3 is 9.64 Å². The van der Waals surface area contributed by atoms with Crippen molar-refractivity contribution in [3.05, 3.63) is 81.4 Å². The number of para-hydroxylation sites is 1. The van der Waals surface area contributed by atoms with Crippen molar-refractivity contribution in [1.29, 1.82) is 0 Å². The van der Waals surface area contributed by atoms with Crippen LogP contribution in [0.15, 0.2) is 70.7 Å². The molecule has 0 aliphatic carbocycles. The third-order valence-corrected chi connectivity index (χ3v) is 6.32. The van der Waals surface area contributed by atoms with Gasteiger partial charge in [-0.25, -0.2) is 4.68 Å². The first-order valence-electron chi connectivity index (χ1n) is 10.3. The van der Waals surface area contributed by atoms with Crippen LogP contribution in [-0.2, 0) is 9.53 Å². The summed E-state index contributed by atoms with van der Waals surface area (Å²) >= 11 is 1.32. The molecule has 1 amide bonds. The summed E-state index contributed by atoms with van der Waals surface area (Å²) in [6.45, 7) is 2.59. The summed E-state index contributed by atoms with van der Waals surface area (Å²) in [6, 6.07) is 15.9. The molecular formula is C23H19N5O4S. The molecule has 0 bridgehead atoms. The van der Waals surface area contributed by atoms with Crippen LogP contribution in [0.2, 0.25) is 0 Å². The van der Waals surface area contributed by atoms with E-state index in [2.05, 4.69) is 4.99 Å². The number of nitrogens with zero attached hydrogens (tertiary/aromatic N) is 5. The molecule has 0 spiro atoms. The minimum absolute atomic E-state index is 0.0235. The number of non-ortho nitro benzene ring substituents is 1. The summed E-state index contributed by atoms with van der Waals surface area (Å²) in [7, 11) is 0. The van der Waals surface area contributed by atoms with E-state index in [0.717, 1.165) is 5.69 Å². The lowest BCUT2D eigenvalue weighted by Crippen LogP contribution is -2.38. The zero-order chi connectivity index (χ0) is 22.8. The molecule has 1 aromatic heterocycles. The smallest absolute Gasteiger partial charge is 0.286 e. The molecular weight excluding hydrogens is 442 g/mol. The third kappa shape index (κ3) is 4.43. The maximum absolute atomic E-state index is 12.6. The van der Waals surface area contributed by atoms with Crippen LogP contribution in [0.25, 0.3) is 23.0 Å².